The molecular formula is C16H19FN4. The number of nitrogens with zero attached hydrogens (tertiary/aromatic N) is 2. The predicted molar refractivity (Wildman–Crippen MR) is 82.5 cm³/mol. The number of rotatable bonds is 6. The summed E-state index contributed by atoms with van der Waals surface area (Å²) in [5.74, 6) is 0.187. The molecule has 0 unspecified atom stereocenters. The van der Waals surface area contributed by atoms with Crippen LogP contribution >= 0.6 is 0 Å². The van der Waals surface area contributed by atoms with Gasteiger partial charge in [-0.15, -0.1) is 0 Å². The van der Waals surface area contributed by atoms with E-state index < -0.39 is 0 Å². The van der Waals surface area contributed by atoms with Gasteiger partial charge in [0.25, 0.3) is 0 Å². The highest BCUT2D eigenvalue weighted by atomic mass is 19.1. The first-order chi connectivity index (χ1) is 10.2. The summed E-state index contributed by atoms with van der Waals surface area (Å²) in [5, 5.41) is 3.02. The number of nitrogens with two attached hydrogens (primary N) is 1. The molecule has 1 heterocycles. The molecule has 3 N–H and O–H groups in total. The van der Waals surface area contributed by atoms with E-state index in [1.807, 2.05) is 24.3 Å². The third-order valence-electron chi connectivity index (χ3n) is 2.99. The van der Waals surface area contributed by atoms with E-state index in [9.17, 15) is 4.39 Å². The van der Waals surface area contributed by atoms with Crippen molar-refractivity contribution in [3.8, 4) is 0 Å². The fraction of sp³-hybridized carbons (Fsp3) is 0.250. The molecule has 1 aromatic heterocycles. The summed E-state index contributed by atoms with van der Waals surface area (Å²) in [7, 11) is 0. The fourth-order valence-electron chi connectivity index (χ4n) is 1.92. The van der Waals surface area contributed by atoms with Gasteiger partial charge in [0.05, 0.1) is 0 Å². The van der Waals surface area contributed by atoms with E-state index in [1.54, 1.807) is 12.3 Å². The number of hydrogen-bond donors (Lipinski definition) is 2. The van der Waals surface area contributed by atoms with Gasteiger partial charge in [-0.3, -0.25) is 9.98 Å². The maximum atomic E-state index is 13.0. The van der Waals surface area contributed by atoms with Crippen LogP contribution in [0.3, 0.4) is 0 Å². The van der Waals surface area contributed by atoms with E-state index in [0.717, 1.165) is 17.7 Å². The van der Waals surface area contributed by atoms with Gasteiger partial charge in [0.1, 0.15) is 5.82 Å². The molecule has 0 aliphatic carbocycles. The van der Waals surface area contributed by atoms with Crippen molar-refractivity contribution < 1.29 is 4.39 Å². The number of hydrogen-bond acceptors (Lipinski definition) is 2. The average molecular weight is 286 g/mol. The molecule has 0 fully saturated rings. The van der Waals surface area contributed by atoms with Crippen molar-refractivity contribution in [3.63, 3.8) is 0 Å². The van der Waals surface area contributed by atoms with Crippen LogP contribution in [0.4, 0.5) is 4.39 Å². The van der Waals surface area contributed by atoms with E-state index in [4.69, 9.17) is 5.73 Å². The van der Waals surface area contributed by atoms with Crippen LogP contribution in [0.15, 0.2) is 53.7 Å². The van der Waals surface area contributed by atoms with Gasteiger partial charge in [0, 0.05) is 31.4 Å². The molecule has 0 radical (unpaired) electrons. The molecule has 4 nitrogen and oxygen atoms in total. The summed E-state index contributed by atoms with van der Waals surface area (Å²) in [6.45, 7) is 1.22. The molecule has 0 saturated carbocycles. The van der Waals surface area contributed by atoms with Crippen molar-refractivity contribution in [2.75, 3.05) is 13.1 Å². The zero-order chi connectivity index (χ0) is 14.9. The summed E-state index contributed by atoms with van der Waals surface area (Å²) < 4.78 is 13.0. The third kappa shape index (κ3) is 5.60. The van der Waals surface area contributed by atoms with Crippen LogP contribution in [0.2, 0.25) is 0 Å². The molecule has 0 amide bonds. The van der Waals surface area contributed by atoms with E-state index in [-0.39, 0.29) is 5.82 Å². The Morgan fingerprint density at radius 2 is 2.10 bits per heavy atom. The van der Waals surface area contributed by atoms with Crippen LogP contribution in [0.1, 0.15) is 11.3 Å². The summed E-state index contributed by atoms with van der Waals surface area (Å²) in [6.07, 6.45) is 3.22. The first kappa shape index (κ1) is 15.0. The highest BCUT2D eigenvalue weighted by molar-refractivity contribution is 5.77. The molecule has 0 aliphatic heterocycles. The first-order valence-corrected chi connectivity index (χ1v) is 6.92. The van der Waals surface area contributed by atoms with Crippen LogP contribution in [-0.2, 0) is 12.8 Å². The quantitative estimate of drug-likeness (QED) is 0.630. The molecule has 2 aromatic rings. The summed E-state index contributed by atoms with van der Waals surface area (Å²) in [6, 6.07) is 12.3. The smallest absolute Gasteiger partial charge is 0.188 e. The van der Waals surface area contributed by atoms with Crippen molar-refractivity contribution in [1.29, 1.82) is 0 Å². The zero-order valence-corrected chi connectivity index (χ0v) is 11.8. The Bertz CT molecular complexity index is 584. The standard InChI is InChI=1S/C16H19FN4/c17-14-5-3-4-13(12-14)7-10-20-16(18)21-11-8-15-6-1-2-9-19-15/h1-6,9,12H,7-8,10-11H2,(H3,18,20,21). The molecule has 0 aliphatic rings. The molecule has 5 heteroatoms. The monoisotopic (exact) mass is 286 g/mol. The van der Waals surface area contributed by atoms with E-state index in [2.05, 4.69) is 15.3 Å². The second-order valence-electron chi connectivity index (χ2n) is 4.64. The summed E-state index contributed by atoms with van der Waals surface area (Å²) in [5.41, 5.74) is 7.70. The molecule has 1 aromatic carbocycles. The molecule has 0 atom stereocenters. The molecule has 110 valence electrons. The van der Waals surface area contributed by atoms with Crippen LogP contribution in [0.5, 0.6) is 0 Å². The maximum Gasteiger partial charge on any atom is 0.188 e. The van der Waals surface area contributed by atoms with Gasteiger partial charge in [-0.25, -0.2) is 4.39 Å². The number of aromatic nitrogens is 1. The third-order valence-corrected chi connectivity index (χ3v) is 2.99. The second-order valence-corrected chi connectivity index (χ2v) is 4.64. The Hall–Kier alpha value is -2.43. The largest absolute Gasteiger partial charge is 0.370 e. The molecule has 0 spiro atoms. The van der Waals surface area contributed by atoms with Gasteiger partial charge >= 0.3 is 0 Å². The summed E-state index contributed by atoms with van der Waals surface area (Å²) in [4.78, 5) is 8.46. The topological polar surface area (TPSA) is 63.3 Å². The Morgan fingerprint density at radius 3 is 2.86 bits per heavy atom. The van der Waals surface area contributed by atoms with E-state index in [1.165, 1.54) is 12.1 Å². The minimum absolute atomic E-state index is 0.218. The van der Waals surface area contributed by atoms with Crippen LogP contribution in [0, 0.1) is 5.82 Å². The molecule has 2 rings (SSSR count). The van der Waals surface area contributed by atoms with Gasteiger partial charge in [-0.05, 0) is 36.2 Å². The van der Waals surface area contributed by atoms with Crippen LogP contribution < -0.4 is 11.1 Å². The zero-order valence-electron chi connectivity index (χ0n) is 11.8. The highest BCUT2D eigenvalue weighted by Crippen LogP contribution is 2.03. The van der Waals surface area contributed by atoms with E-state index >= 15 is 0 Å². The van der Waals surface area contributed by atoms with Crippen molar-refractivity contribution in [2.45, 2.75) is 12.8 Å². The first-order valence-electron chi connectivity index (χ1n) is 6.92. The maximum absolute atomic E-state index is 13.0. The van der Waals surface area contributed by atoms with Gasteiger partial charge < -0.3 is 11.1 Å². The van der Waals surface area contributed by atoms with Crippen molar-refractivity contribution in [3.05, 3.63) is 65.7 Å². The molecule has 21 heavy (non-hydrogen) atoms. The lowest BCUT2D eigenvalue weighted by molar-refractivity contribution is 0.625. The van der Waals surface area contributed by atoms with Gasteiger partial charge in [-0.1, -0.05) is 18.2 Å². The van der Waals surface area contributed by atoms with Gasteiger partial charge in [-0.2, -0.15) is 0 Å². The second kappa shape index (κ2) is 7.99. The van der Waals surface area contributed by atoms with Gasteiger partial charge in [0.2, 0.25) is 0 Å². The lowest BCUT2D eigenvalue weighted by Gasteiger charge is -2.06. The van der Waals surface area contributed by atoms with Crippen molar-refractivity contribution >= 4 is 5.96 Å². The predicted octanol–water partition coefficient (Wildman–Crippen LogP) is 1.91. The molecule has 0 saturated heterocycles. The minimum atomic E-state index is -0.218. The number of benzene rings is 1. The van der Waals surface area contributed by atoms with Crippen LogP contribution in [-0.4, -0.2) is 24.0 Å². The number of guanidine groups is 1. The van der Waals surface area contributed by atoms with Crippen LogP contribution in [0.25, 0.3) is 0 Å². The molecular weight excluding hydrogens is 267 g/mol. The number of aliphatic imine (C=N–C) groups is 1. The fourth-order valence-corrected chi connectivity index (χ4v) is 1.92. The van der Waals surface area contributed by atoms with Crippen molar-refractivity contribution in [2.24, 2.45) is 10.7 Å². The van der Waals surface area contributed by atoms with Crippen molar-refractivity contribution in [1.82, 2.24) is 10.3 Å². The Labute approximate surface area is 123 Å². The molecule has 0 bridgehead atoms. The SMILES string of the molecule is NC(=NCCc1ccccn1)NCCc1cccc(F)c1. The summed E-state index contributed by atoms with van der Waals surface area (Å²) >= 11 is 0. The lowest BCUT2D eigenvalue weighted by atomic mass is 10.1. The normalized spacial score (nSPS) is 11.4. The number of nitrogens with one attached hydrogen (secondary N) is 1. The van der Waals surface area contributed by atoms with Gasteiger partial charge in [0.15, 0.2) is 5.96 Å². The lowest BCUT2D eigenvalue weighted by Crippen LogP contribution is -2.33. The minimum Gasteiger partial charge on any atom is -0.370 e. The Balaban J connectivity index is 1.69. The Morgan fingerprint density at radius 1 is 1.19 bits per heavy atom. The number of halogens is 1. The highest BCUT2D eigenvalue weighted by Gasteiger charge is 1.97. The van der Waals surface area contributed by atoms with E-state index in [0.29, 0.717) is 25.5 Å². The Kier molecular flexibility index (Phi) is 5.70. The number of pyridine rings is 1. The average Bonchev–Trinajstić information content (AvgIpc) is 2.48.